The molecule has 3 heteroatoms. The largest absolute Gasteiger partial charge is 0.363 e. The third-order valence-electron chi connectivity index (χ3n) is 0.651. The average molecular weight is 104 g/mol. The maximum atomic E-state index is 4.98. The first-order chi connectivity index (χ1) is 3.31. The van der Waals surface area contributed by atoms with Gasteiger partial charge in [-0.05, 0) is 13.8 Å². The second-order valence-corrected chi connectivity index (χ2v) is 1.26. The summed E-state index contributed by atoms with van der Waals surface area (Å²) < 4.78 is 4.95. The number of ether oxygens (including phenoxy) is 1. The SMILES string of the molecule is CCOC(C)NN. The Kier molecular flexibility index (Phi) is 3.98. The highest BCUT2D eigenvalue weighted by Gasteiger charge is 1.90. The van der Waals surface area contributed by atoms with Crippen molar-refractivity contribution in [1.29, 1.82) is 0 Å². The smallest absolute Gasteiger partial charge is 0.117 e. The summed E-state index contributed by atoms with van der Waals surface area (Å²) in [5.41, 5.74) is 2.44. The number of hydrogen-bond donors (Lipinski definition) is 2. The summed E-state index contributed by atoms with van der Waals surface area (Å²) in [5.74, 6) is 4.98. The molecule has 7 heavy (non-hydrogen) atoms. The van der Waals surface area contributed by atoms with Crippen LogP contribution in [-0.2, 0) is 4.74 Å². The van der Waals surface area contributed by atoms with E-state index in [0.717, 1.165) is 0 Å². The minimum atomic E-state index is -0.0231. The molecule has 0 amide bonds. The van der Waals surface area contributed by atoms with Crippen molar-refractivity contribution in [2.75, 3.05) is 6.61 Å². The Hall–Kier alpha value is -0.120. The van der Waals surface area contributed by atoms with Crippen LogP contribution in [0.2, 0.25) is 0 Å². The van der Waals surface area contributed by atoms with Crippen LogP contribution in [0, 0.1) is 0 Å². The van der Waals surface area contributed by atoms with Crippen molar-refractivity contribution in [3.05, 3.63) is 0 Å². The molecule has 0 aliphatic carbocycles. The molecule has 0 fully saturated rings. The number of nitrogens with one attached hydrogen (secondary N) is 1. The number of rotatable bonds is 3. The standard InChI is InChI=1S/C4H12N2O/c1-3-7-4(2)6-5/h4,6H,3,5H2,1-2H3. The molecule has 0 spiro atoms. The van der Waals surface area contributed by atoms with Gasteiger partial charge in [0.25, 0.3) is 0 Å². The van der Waals surface area contributed by atoms with E-state index in [1.807, 2.05) is 13.8 Å². The first-order valence-electron chi connectivity index (χ1n) is 2.39. The van der Waals surface area contributed by atoms with Gasteiger partial charge in [-0.3, -0.25) is 5.84 Å². The van der Waals surface area contributed by atoms with E-state index < -0.39 is 0 Å². The lowest BCUT2D eigenvalue weighted by molar-refractivity contribution is 0.0522. The van der Waals surface area contributed by atoms with Gasteiger partial charge in [0.05, 0.1) is 0 Å². The van der Waals surface area contributed by atoms with E-state index in [0.29, 0.717) is 6.61 Å². The van der Waals surface area contributed by atoms with Crippen LogP contribution in [0.5, 0.6) is 0 Å². The van der Waals surface area contributed by atoms with Crippen molar-refractivity contribution in [3.8, 4) is 0 Å². The lowest BCUT2D eigenvalue weighted by atomic mass is 10.7. The van der Waals surface area contributed by atoms with Crippen molar-refractivity contribution < 1.29 is 4.74 Å². The average Bonchev–Trinajstić information content (AvgIpc) is 1.68. The lowest BCUT2D eigenvalue weighted by Crippen LogP contribution is -2.34. The van der Waals surface area contributed by atoms with Crippen LogP contribution in [0.4, 0.5) is 0 Å². The fourth-order valence-corrected chi connectivity index (χ4v) is 0.298. The molecule has 0 bridgehead atoms. The van der Waals surface area contributed by atoms with E-state index in [9.17, 15) is 0 Å². The van der Waals surface area contributed by atoms with Crippen LogP contribution < -0.4 is 11.3 Å². The summed E-state index contributed by atoms with van der Waals surface area (Å²) >= 11 is 0. The van der Waals surface area contributed by atoms with E-state index in [1.165, 1.54) is 0 Å². The predicted octanol–water partition coefficient (Wildman–Crippen LogP) is -0.168. The predicted molar refractivity (Wildman–Crippen MR) is 28.4 cm³/mol. The summed E-state index contributed by atoms with van der Waals surface area (Å²) in [5, 5.41) is 0. The zero-order valence-electron chi connectivity index (χ0n) is 4.77. The Morgan fingerprint density at radius 2 is 2.43 bits per heavy atom. The highest BCUT2D eigenvalue weighted by Crippen LogP contribution is 1.78. The second kappa shape index (κ2) is 4.05. The molecule has 0 saturated heterocycles. The van der Waals surface area contributed by atoms with E-state index in [4.69, 9.17) is 10.6 Å². The van der Waals surface area contributed by atoms with Crippen molar-refractivity contribution in [3.63, 3.8) is 0 Å². The lowest BCUT2D eigenvalue weighted by Gasteiger charge is -2.07. The molecule has 0 aromatic rings. The number of hydrogen-bond acceptors (Lipinski definition) is 3. The van der Waals surface area contributed by atoms with Gasteiger partial charge in [-0.25, -0.2) is 5.43 Å². The van der Waals surface area contributed by atoms with Crippen LogP contribution in [0.25, 0.3) is 0 Å². The summed E-state index contributed by atoms with van der Waals surface area (Å²) in [4.78, 5) is 0. The van der Waals surface area contributed by atoms with Gasteiger partial charge in [-0.15, -0.1) is 0 Å². The minimum Gasteiger partial charge on any atom is -0.363 e. The van der Waals surface area contributed by atoms with Gasteiger partial charge in [0.1, 0.15) is 6.23 Å². The Morgan fingerprint density at radius 1 is 1.86 bits per heavy atom. The van der Waals surface area contributed by atoms with Crippen LogP contribution in [-0.4, -0.2) is 12.8 Å². The molecule has 44 valence electrons. The molecule has 0 radical (unpaired) electrons. The maximum absolute atomic E-state index is 4.98. The monoisotopic (exact) mass is 104 g/mol. The molecular formula is C4H12N2O. The van der Waals surface area contributed by atoms with E-state index >= 15 is 0 Å². The van der Waals surface area contributed by atoms with Crippen LogP contribution in [0.3, 0.4) is 0 Å². The zero-order valence-corrected chi connectivity index (χ0v) is 4.77. The Labute approximate surface area is 43.8 Å². The fourth-order valence-electron chi connectivity index (χ4n) is 0.298. The number of hydrazine groups is 1. The Balaban J connectivity index is 2.83. The van der Waals surface area contributed by atoms with Gasteiger partial charge in [0.15, 0.2) is 0 Å². The van der Waals surface area contributed by atoms with Crippen molar-refractivity contribution in [1.82, 2.24) is 5.43 Å². The van der Waals surface area contributed by atoms with Gasteiger partial charge in [0, 0.05) is 6.61 Å². The molecule has 3 nitrogen and oxygen atoms in total. The molecular weight excluding hydrogens is 92.1 g/mol. The van der Waals surface area contributed by atoms with E-state index in [-0.39, 0.29) is 6.23 Å². The molecule has 0 aliphatic rings. The third kappa shape index (κ3) is 3.72. The number of nitrogens with two attached hydrogens (primary N) is 1. The quantitative estimate of drug-likeness (QED) is 0.297. The summed E-state index contributed by atoms with van der Waals surface area (Å²) in [6.07, 6.45) is -0.0231. The fraction of sp³-hybridized carbons (Fsp3) is 1.00. The zero-order chi connectivity index (χ0) is 5.70. The van der Waals surface area contributed by atoms with Crippen molar-refractivity contribution in [2.24, 2.45) is 5.84 Å². The maximum Gasteiger partial charge on any atom is 0.117 e. The first-order valence-corrected chi connectivity index (χ1v) is 2.39. The van der Waals surface area contributed by atoms with E-state index in [1.54, 1.807) is 0 Å². The molecule has 3 N–H and O–H groups in total. The van der Waals surface area contributed by atoms with Crippen LogP contribution in [0.1, 0.15) is 13.8 Å². The molecule has 0 heterocycles. The first kappa shape index (κ1) is 6.88. The summed E-state index contributed by atoms with van der Waals surface area (Å²) in [6, 6.07) is 0. The molecule has 1 unspecified atom stereocenters. The summed E-state index contributed by atoms with van der Waals surface area (Å²) in [6.45, 7) is 4.47. The van der Waals surface area contributed by atoms with Gasteiger partial charge >= 0.3 is 0 Å². The third-order valence-corrected chi connectivity index (χ3v) is 0.651. The van der Waals surface area contributed by atoms with Crippen molar-refractivity contribution >= 4 is 0 Å². The molecule has 1 atom stereocenters. The van der Waals surface area contributed by atoms with Crippen LogP contribution >= 0.6 is 0 Å². The van der Waals surface area contributed by atoms with Gasteiger partial charge in [-0.2, -0.15) is 0 Å². The van der Waals surface area contributed by atoms with Gasteiger partial charge in [0.2, 0.25) is 0 Å². The highest BCUT2D eigenvalue weighted by molar-refractivity contribution is 4.33. The molecule has 0 aliphatic heterocycles. The van der Waals surface area contributed by atoms with Crippen LogP contribution in [0.15, 0.2) is 0 Å². The van der Waals surface area contributed by atoms with Gasteiger partial charge < -0.3 is 4.74 Å². The van der Waals surface area contributed by atoms with E-state index in [2.05, 4.69) is 5.43 Å². The Morgan fingerprint density at radius 3 is 2.57 bits per heavy atom. The second-order valence-electron chi connectivity index (χ2n) is 1.26. The Bertz CT molecular complexity index is 40.7. The van der Waals surface area contributed by atoms with Gasteiger partial charge in [-0.1, -0.05) is 0 Å². The molecule has 0 aromatic carbocycles. The molecule has 0 rings (SSSR count). The van der Waals surface area contributed by atoms with Crippen molar-refractivity contribution in [2.45, 2.75) is 20.1 Å². The highest BCUT2D eigenvalue weighted by atomic mass is 16.5. The molecule has 0 aromatic heterocycles. The summed E-state index contributed by atoms with van der Waals surface area (Å²) in [7, 11) is 0. The minimum absolute atomic E-state index is 0.0231. The normalized spacial score (nSPS) is 14.1. The topological polar surface area (TPSA) is 47.3 Å². The molecule has 0 saturated carbocycles.